The Morgan fingerprint density at radius 1 is 0.923 bits per heavy atom. The minimum absolute atomic E-state index is 0.145. The predicted molar refractivity (Wildman–Crippen MR) is 146 cm³/mol. The van der Waals surface area contributed by atoms with E-state index in [-0.39, 0.29) is 17.7 Å². The molecule has 11 heteroatoms. The second-order valence-electron chi connectivity index (χ2n) is 9.26. The maximum atomic E-state index is 13.7. The Morgan fingerprint density at radius 3 is 2.10 bits per heavy atom. The van der Waals surface area contributed by atoms with Crippen LogP contribution in [0.25, 0.3) is 11.6 Å². The van der Waals surface area contributed by atoms with Crippen LogP contribution in [0.15, 0.2) is 18.2 Å². The van der Waals surface area contributed by atoms with Crippen molar-refractivity contribution in [3.05, 3.63) is 51.8 Å². The van der Waals surface area contributed by atoms with Crippen molar-refractivity contribution < 1.29 is 33.3 Å². The molecule has 0 atom stereocenters. The van der Waals surface area contributed by atoms with Gasteiger partial charge in [-0.15, -0.1) is 0 Å². The Kier molecular flexibility index (Phi) is 9.88. The summed E-state index contributed by atoms with van der Waals surface area (Å²) in [5.41, 5.74) is 4.76. The largest absolute Gasteiger partial charge is 0.377 e. The van der Waals surface area contributed by atoms with Crippen LogP contribution in [0.4, 0.5) is 5.69 Å². The lowest BCUT2D eigenvalue weighted by Gasteiger charge is -2.23. The number of H-pyrrole nitrogens is 1. The third-order valence-corrected chi connectivity index (χ3v) is 6.68. The molecule has 2 aromatic rings. The first-order chi connectivity index (χ1) is 18.9. The molecular weight excluding hydrogens is 504 g/mol. The van der Waals surface area contributed by atoms with E-state index in [0.717, 1.165) is 5.56 Å². The molecule has 0 unspecified atom stereocenters. The van der Waals surface area contributed by atoms with Crippen molar-refractivity contribution in [1.29, 1.82) is 0 Å². The fourth-order valence-electron chi connectivity index (χ4n) is 4.58. The van der Waals surface area contributed by atoms with E-state index in [9.17, 15) is 14.4 Å². The van der Waals surface area contributed by atoms with Gasteiger partial charge >= 0.3 is 0 Å². The van der Waals surface area contributed by atoms with Crippen LogP contribution in [0.2, 0.25) is 0 Å². The Bertz CT molecular complexity index is 1220. The summed E-state index contributed by atoms with van der Waals surface area (Å²) in [6.45, 7) is 8.03. The summed E-state index contributed by atoms with van der Waals surface area (Å²) < 4.78 is 22.3. The van der Waals surface area contributed by atoms with Crippen LogP contribution in [-0.2, 0) is 23.7 Å². The summed E-state index contributed by atoms with van der Waals surface area (Å²) in [6.07, 6.45) is 1.73. The summed E-state index contributed by atoms with van der Waals surface area (Å²) in [4.78, 5) is 43.6. The SMILES string of the molecule is CNC(=O)c1ccc2c(c1)C(=Cc1[nH]c(C)c(C(=O)N3CCOCCOCCOCCOCC3)c1C)C(=O)N2. The van der Waals surface area contributed by atoms with Gasteiger partial charge in [0.05, 0.1) is 64.0 Å². The molecule has 0 radical (unpaired) electrons. The minimum Gasteiger partial charge on any atom is -0.377 e. The number of amides is 3. The van der Waals surface area contributed by atoms with Gasteiger partial charge in [0.2, 0.25) is 0 Å². The van der Waals surface area contributed by atoms with Gasteiger partial charge in [0, 0.05) is 48.3 Å². The van der Waals surface area contributed by atoms with Gasteiger partial charge in [-0.1, -0.05) is 0 Å². The van der Waals surface area contributed by atoms with Gasteiger partial charge in [0.15, 0.2) is 0 Å². The van der Waals surface area contributed by atoms with Gasteiger partial charge < -0.3 is 39.5 Å². The van der Waals surface area contributed by atoms with Crippen molar-refractivity contribution in [2.45, 2.75) is 13.8 Å². The number of hydrogen-bond acceptors (Lipinski definition) is 7. The number of benzene rings is 1. The van der Waals surface area contributed by atoms with E-state index in [1.165, 1.54) is 0 Å². The van der Waals surface area contributed by atoms with Crippen molar-refractivity contribution in [2.24, 2.45) is 0 Å². The van der Waals surface area contributed by atoms with E-state index in [2.05, 4.69) is 15.6 Å². The molecular formula is C28H36N4O7. The van der Waals surface area contributed by atoms with Gasteiger partial charge in [-0.05, 0) is 43.7 Å². The molecule has 210 valence electrons. The quantitative estimate of drug-likeness (QED) is 0.508. The maximum Gasteiger partial charge on any atom is 0.256 e. The number of anilines is 1. The average molecular weight is 541 g/mol. The zero-order valence-corrected chi connectivity index (χ0v) is 22.7. The number of nitrogens with zero attached hydrogens (tertiary/aromatic N) is 1. The summed E-state index contributed by atoms with van der Waals surface area (Å²) in [5, 5.41) is 5.44. The Balaban J connectivity index is 1.56. The summed E-state index contributed by atoms with van der Waals surface area (Å²) in [5.74, 6) is -0.656. The van der Waals surface area contributed by atoms with E-state index in [0.29, 0.717) is 105 Å². The topological polar surface area (TPSA) is 131 Å². The standard InChI is InChI=1S/C28H36N4O7/c1-18-24(17-22-21-16-20(26(33)29-3)4-5-23(21)31-27(22)34)30-19(2)25(18)28(35)32-6-8-36-10-12-38-14-15-39-13-11-37-9-7-32/h4-5,16-17,30H,6-15H2,1-3H3,(H,29,33)(H,31,34). The summed E-state index contributed by atoms with van der Waals surface area (Å²) >= 11 is 0. The molecule has 0 saturated carbocycles. The molecule has 3 amide bonds. The van der Waals surface area contributed by atoms with Crippen LogP contribution < -0.4 is 10.6 Å². The average Bonchev–Trinajstić information content (AvgIpc) is 3.39. The second kappa shape index (κ2) is 13.5. The van der Waals surface area contributed by atoms with Crippen molar-refractivity contribution in [3.8, 4) is 0 Å². The Morgan fingerprint density at radius 2 is 1.51 bits per heavy atom. The number of carbonyl (C=O) groups is 3. The molecule has 1 fully saturated rings. The fraction of sp³-hybridized carbons (Fsp3) is 0.464. The zero-order chi connectivity index (χ0) is 27.8. The maximum absolute atomic E-state index is 13.7. The zero-order valence-electron chi connectivity index (χ0n) is 22.7. The molecule has 39 heavy (non-hydrogen) atoms. The lowest BCUT2D eigenvalue weighted by Crippen LogP contribution is -2.37. The molecule has 3 N–H and O–H groups in total. The number of nitrogens with one attached hydrogen (secondary N) is 3. The molecule has 2 aliphatic rings. The third-order valence-electron chi connectivity index (χ3n) is 6.68. The van der Waals surface area contributed by atoms with E-state index < -0.39 is 0 Å². The Hall–Kier alpha value is -3.51. The number of aromatic amines is 1. The Labute approximate surface area is 227 Å². The monoisotopic (exact) mass is 540 g/mol. The first kappa shape index (κ1) is 28.5. The van der Waals surface area contributed by atoms with E-state index in [1.807, 2.05) is 13.8 Å². The molecule has 0 bridgehead atoms. The van der Waals surface area contributed by atoms with Crippen molar-refractivity contribution in [3.63, 3.8) is 0 Å². The van der Waals surface area contributed by atoms with Crippen LogP contribution in [-0.4, -0.2) is 101 Å². The first-order valence-electron chi connectivity index (χ1n) is 13.1. The number of ether oxygens (including phenoxy) is 4. The van der Waals surface area contributed by atoms with Crippen LogP contribution in [0, 0.1) is 13.8 Å². The molecule has 1 aromatic heterocycles. The van der Waals surface area contributed by atoms with Gasteiger partial charge in [0.25, 0.3) is 17.7 Å². The first-order valence-corrected chi connectivity index (χ1v) is 13.1. The summed E-state index contributed by atoms with van der Waals surface area (Å²) in [7, 11) is 1.56. The summed E-state index contributed by atoms with van der Waals surface area (Å²) in [6, 6.07) is 5.07. The van der Waals surface area contributed by atoms with Gasteiger partial charge in [-0.3, -0.25) is 14.4 Å². The van der Waals surface area contributed by atoms with Crippen molar-refractivity contribution in [2.75, 3.05) is 78.3 Å². The second-order valence-corrected chi connectivity index (χ2v) is 9.26. The molecule has 3 heterocycles. The molecule has 1 saturated heterocycles. The normalized spacial score (nSPS) is 18.7. The van der Waals surface area contributed by atoms with Crippen molar-refractivity contribution >= 4 is 35.1 Å². The van der Waals surface area contributed by atoms with E-state index >= 15 is 0 Å². The highest BCUT2D eigenvalue weighted by molar-refractivity contribution is 6.35. The van der Waals surface area contributed by atoms with Gasteiger partial charge in [0.1, 0.15) is 0 Å². The number of fused-ring (bicyclic) bond motifs is 1. The smallest absolute Gasteiger partial charge is 0.256 e. The lowest BCUT2D eigenvalue weighted by molar-refractivity contribution is -0.110. The van der Waals surface area contributed by atoms with Crippen LogP contribution in [0.3, 0.4) is 0 Å². The number of carbonyl (C=O) groups excluding carboxylic acids is 3. The highest BCUT2D eigenvalue weighted by atomic mass is 16.6. The molecule has 0 aliphatic carbocycles. The van der Waals surface area contributed by atoms with Gasteiger partial charge in [-0.25, -0.2) is 0 Å². The molecule has 0 spiro atoms. The molecule has 1 aromatic carbocycles. The van der Waals surface area contributed by atoms with Crippen molar-refractivity contribution in [1.82, 2.24) is 15.2 Å². The minimum atomic E-state index is -0.272. The van der Waals surface area contributed by atoms with Gasteiger partial charge in [-0.2, -0.15) is 0 Å². The van der Waals surface area contributed by atoms with Crippen LogP contribution in [0.5, 0.6) is 0 Å². The highest BCUT2D eigenvalue weighted by Gasteiger charge is 2.27. The molecule has 11 nitrogen and oxygen atoms in total. The highest BCUT2D eigenvalue weighted by Crippen LogP contribution is 2.35. The number of aromatic nitrogens is 1. The predicted octanol–water partition coefficient (Wildman–Crippen LogP) is 2.01. The number of hydrogen-bond donors (Lipinski definition) is 3. The van der Waals surface area contributed by atoms with E-state index in [4.69, 9.17) is 18.9 Å². The van der Waals surface area contributed by atoms with E-state index in [1.54, 1.807) is 36.2 Å². The van der Waals surface area contributed by atoms with Crippen LogP contribution in [0.1, 0.15) is 43.2 Å². The lowest BCUT2D eigenvalue weighted by atomic mass is 10.0. The number of aryl methyl sites for hydroxylation is 1. The third kappa shape index (κ3) is 6.93. The molecule has 4 rings (SSSR count). The number of rotatable bonds is 3. The fourth-order valence-corrected chi connectivity index (χ4v) is 4.58. The molecule has 2 aliphatic heterocycles. The van der Waals surface area contributed by atoms with Crippen LogP contribution >= 0.6 is 0 Å².